The van der Waals surface area contributed by atoms with Crippen LogP contribution in [0.1, 0.15) is 13.8 Å². The van der Waals surface area contributed by atoms with Crippen LogP contribution in [0.5, 0.6) is 0 Å². The van der Waals surface area contributed by atoms with E-state index in [2.05, 4.69) is 19.2 Å². The molecule has 0 aliphatic rings. The molecule has 0 nitrogen and oxygen atoms in total. The summed E-state index contributed by atoms with van der Waals surface area (Å²) in [5, 5.41) is 1.71. The Morgan fingerprint density at radius 2 is 2.00 bits per heavy atom. The van der Waals surface area contributed by atoms with Crippen molar-refractivity contribution in [1.29, 1.82) is 0 Å². The van der Waals surface area contributed by atoms with Gasteiger partial charge in [0.05, 0.1) is 0 Å². The molecule has 0 heterocycles. The molecule has 2 heteroatoms. The van der Waals surface area contributed by atoms with Gasteiger partial charge in [0.25, 0.3) is 0 Å². The summed E-state index contributed by atoms with van der Waals surface area (Å²) in [6.07, 6.45) is 5.91. The zero-order valence-corrected chi connectivity index (χ0v) is 9.09. The zero-order valence-electron chi connectivity index (χ0n) is 8.20. The molecule has 0 N–H and O–H groups in total. The van der Waals surface area contributed by atoms with E-state index in [1.807, 2.05) is 50.9 Å². The van der Waals surface area contributed by atoms with Crippen molar-refractivity contribution >= 4 is 25.5 Å². The number of thiol groups is 1. The third kappa shape index (κ3) is 5.48. The van der Waals surface area contributed by atoms with Gasteiger partial charge in [0.15, 0.2) is 0 Å². The molecule has 0 saturated heterocycles. The van der Waals surface area contributed by atoms with Gasteiger partial charge in [-0.15, -0.1) is 0 Å². The third-order valence-corrected chi connectivity index (χ3v) is 1.69. The fourth-order valence-electron chi connectivity index (χ4n) is 0.848. The predicted molar refractivity (Wildman–Crippen MR) is 67.7 cm³/mol. The molecule has 0 aliphatic heterocycles. The van der Waals surface area contributed by atoms with Gasteiger partial charge in [-0.2, -0.15) is 0 Å². The number of hydrogen-bond acceptors (Lipinski definition) is 1. The van der Waals surface area contributed by atoms with Crippen molar-refractivity contribution in [2.24, 2.45) is 0 Å². The normalized spacial score (nSPS) is 13.0. The molecule has 68 valence electrons. The van der Waals surface area contributed by atoms with Crippen LogP contribution < -0.4 is 0 Å². The van der Waals surface area contributed by atoms with Gasteiger partial charge >= 0.3 is 86.7 Å². The SMILES string of the molecule is C=C(/C=C\B=CC)C(/C=C\S)=C\C. The molecule has 0 aromatic carbocycles. The molecule has 13 heavy (non-hydrogen) atoms. The molecule has 0 aliphatic carbocycles. The molecular formula is C11H15BS. The van der Waals surface area contributed by atoms with Crippen LogP contribution in [0.3, 0.4) is 0 Å². The van der Waals surface area contributed by atoms with E-state index in [1.165, 1.54) is 0 Å². The van der Waals surface area contributed by atoms with Crippen LogP contribution >= 0.6 is 12.6 Å². The molecule has 0 saturated carbocycles. The van der Waals surface area contributed by atoms with Crippen LogP contribution in [0.2, 0.25) is 0 Å². The van der Waals surface area contributed by atoms with Gasteiger partial charge in [0.2, 0.25) is 0 Å². The van der Waals surface area contributed by atoms with Gasteiger partial charge in [-0.1, -0.05) is 0 Å². The minimum absolute atomic E-state index is 0.992. The second kappa shape index (κ2) is 7.87. The molecule has 0 aromatic rings. The van der Waals surface area contributed by atoms with E-state index >= 15 is 0 Å². The van der Waals surface area contributed by atoms with Crippen LogP contribution in [0.25, 0.3) is 0 Å². The second-order valence-electron chi connectivity index (χ2n) is 2.47. The van der Waals surface area contributed by atoms with E-state index in [0.717, 1.165) is 11.1 Å². The van der Waals surface area contributed by atoms with E-state index in [1.54, 1.807) is 5.41 Å². The molecule has 0 spiro atoms. The van der Waals surface area contributed by atoms with Gasteiger partial charge in [0, 0.05) is 0 Å². The van der Waals surface area contributed by atoms with Crippen molar-refractivity contribution in [3.05, 3.63) is 47.3 Å². The Balaban J connectivity index is 4.41. The summed E-state index contributed by atoms with van der Waals surface area (Å²) in [7, 11) is 0. The Morgan fingerprint density at radius 1 is 1.31 bits per heavy atom. The number of hydrogen-bond donors (Lipinski definition) is 1. The van der Waals surface area contributed by atoms with E-state index in [4.69, 9.17) is 0 Å². The summed E-state index contributed by atoms with van der Waals surface area (Å²) in [5.41, 5.74) is 2.08. The average Bonchev–Trinajstić information content (AvgIpc) is 2.14. The molecule has 0 radical (unpaired) electrons. The summed E-state index contributed by atoms with van der Waals surface area (Å²) in [6.45, 7) is 9.88. The van der Waals surface area contributed by atoms with Crippen molar-refractivity contribution in [3.8, 4) is 0 Å². The first kappa shape index (κ1) is 12.2. The first-order chi connectivity index (χ1) is 6.26. The average molecular weight is 190 g/mol. The minimum atomic E-state index is 0.992. The van der Waals surface area contributed by atoms with Crippen LogP contribution in [-0.4, -0.2) is 12.9 Å². The monoisotopic (exact) mass is 190 g/mol. The second-order valence-corrected chi connectivity index (χ2v) is 2.77. The standard InChI is InChI=1S/C11H15BS/c1-4-11(7-9-13)10(3)6-8-12-5-2/h4-9,13H,3H2,1-2H3/b8-6-,9-7-,11-4-. The van der Waals surface area contributed by atoms with Gasteiger partial charge < -0.3 is 0 Å². The summed E-state index contributed by atoms with van der Waals surface area (Å²) in [6, 6.07) is 0. The van der Waals surface area contributed by atoms with Crippen molar-refractivity contribution in [2.75, 3.05) is 0 Å². The van der Waals surface area contributed by atoms with E-state index in [-0.39, 0.29) is 0 Å². The predicted octanol–water partition coefficient (Wildman–Crippen LogP) is 2.97. The summed E-state index contributed by atoms with van der Waals surface area (Å²) in [5.74, 6) is 3.95. The van der Waals surface area contributed by atoms with Crippen LogP contribution in [-0.2, 0) is 0 Å². The van der Waals surface area contributed by atoms with E-state index in [9.17, 15) is 0 Å². The Hall–Kier alpha value is -0.755. The van der Waals surface area contributed by atoms with Crippen molar-refractivity contribution in [3.63, 3.8) is 0 Å². The molecule has 0 rings (SSSR count). The topological polar surface area (TPSA) is 0 Å². The molecule has 0 unspecified atom stereocenters. The Morgan fingerprint density at radius 3 is 2.46 bits per heavy atom. The molecule has 0 atom stereocenters. The fraction of sp³-hybridized carbons (Fsp3) is 0.182. The molecule has 0 amide bonds. The maximum atomic E-state index is 4.02. The molecular weight excluding hydrogens is 175 g/mol. The fourth-order valence-corrected chi connectivity index (χ4v) is 1.01. The van der Waals surface area contributed by atoms with Crippen LogP contribution in [0.15, 0.2) is 47.3 Å². The quantitative estimate of drug-likeness (QED) is 0.393. The van der Waals surface area contributed by atoms with Crippen LogP contribution in [0.4, 0.5) is 0 Å². The van der Waals surface area contributed by atoms with Gasteiger partial charge in [0.1, 0.15) is 0 Å². The van der Waals surface area contributed by atoms with Gasteiger partial charge in [-0.05, 0) is 0 Å². The Bertz CT molecular complexity index is 270. The van der Waals surface area contributed by atoms with E-state index in [0.29, 0.717) is 0 Å². The Labute approximate surface area is 87.1 Å². The Kier molecular flexibility index (Phi) is 7.41. The molecule has 0 fully saturated rings. The van der Waals surface area contributed by atoms with Gasteiger partial charge in [-0.3, -0.25) is 0 Å². The zero-order chi connectivity index (χ0) is 10.1. The van der Waals surface area contributed by atoms with Crippen LogP contribution in [0, 0.1) is 0 Å². The van der Waals surface area contributed by atoms with Crippen molar-refractivity contribution in [1.82, 2.24) is 0 Å². The first-order valence-corrected chi connectivity index (χ1v) is 4.73. The number of rotatable bonds is 4. The van der Waals surface area contributed by atoms with Crippen molar-refractivity contribution < 1.29 is 0 Å². The first-order valence-electron chi connectivity index (χ1n) is 4.22. The third-order valence-electron chi connectivity index (χ3n) is 1.54. The summed E-state index contributed by atoms with van der Waals surface area (Å²) in [4.78, 5) is 0. The van der Waals surface area contributed by atoms with Gasteiger partial charge in [-0.25, -0.2) is 0 Å². The molecule has 0 bridgehead atoms. The van der Waals surface area contributed by atoms with Crippen molar-refractivity contribution in [2.45, 2.75) is 13.8 Å². The summed E-state index contributed by atoms with van der Waals surface area (Å²) >= 11 is 4.02. The summed E-state index contributed by atoms with van der Waals surface area (Å²) < 4.78 is 0. The maximum absolute atomic E-state index is 4.02. The number of allylic oxidation sites excluding steroid dienone is 5. The van der Waals surface area contributed by atoms with E-state index < -0.39 is 0 Å². The molecule has 0 aromatic heterocycles.